The van der Waals surface area contributed by atoms with Crippen molar-refractivity contribution in [2.24, 2.45) is 0 Å². The lowest BCUT2D eigenvalue weighted by Crippen LogP contribution is -2.36. The largest absolute Gasteiger partial charge is 0.550 e. The highest BCUT2D eigenvalue weighted by Crippen LogP contribution is 1.98. The maximum absolute atomic E-state index is 10.2. The van der Waals surface area contributed by atoms with Crippen LogP contribution in [-0.4, -0.2) is 146 Å². The zero-order valence-electron chi connectivity index (χ0n) is 25.9. The van der Waals surface area contributed by atoms with Gasteiger partial charge in [0.25, 0.3) is 0 Å². The molecule has 244 valence electrons. The summed E-state index contributed by atoms with van der Waals surface area (Å²) in [5, 5.41) is 52.0. The minimum atomic E-state index is -1.63. The number of likely N-dealkylation sites (N-methyl/N-ethyl adjacent to an activating group) is 2. The van der Waals surface area contributed by atoms with Gasteiger partial charge in [-0.05, 0) is 12.8 Å². The average Bonchev–Trinajstić information content (AvgIpc) is 2.74. The highest BCUT2D eigenvalue weighted by molar-refractivity contribution is 5.86. The number of carbonyl (C=O) groups excluding carboxylic acids is 4. The lowest BCUT2D eigenvalue weighted by molar-refractivity contribution is -0.870. The predicted octanol–water partition coefficient (Wildman–Crippen LogP) is -2.93. The number of nitrogens with zero attached hydrogens (tertiary/aromatic N) is 2. The molecular formula is C25H50N2O14. The van der Waals surface area contributed by atoms with Gasteiger partial charge in [0.2, 0.25) is 0 Å². The molecule has 0 aromatic rings. The second-order valence-electron chi connectivity index (χ2n) is 10.1. The van der Waals surface area contributed by atoms with Gasteiger partial charge in [-0.25, -0.2) is 9.59 Å². The fourth-order valence-electron chi connectivity index (χ4n) is 1.74. The van der Waals surface area contributed by atoms with Gasteiger partial charge in [0.1, 0.15) is 13.1 Å². The molecule has 2 unspecified atom stereocenters. The number of hydrogen-bond acceptors (Lipinski definition) is 12. The number of carboxylic acids is 4. The smallest absolute Gasteiger partial charge is 0.345 e. The summed E-state index contributed by atoms with van der Waals surface area (Å²) >= 11 is 0. The SMILES string of the molecule is CCC(OC(C)=O)C(=O)O.CCC(OC(C)=O)C(=O)O.C[N+](C)(C)CCO.C[N+](C)(C)CCO.O=C([O-])CC(=O)[O-]. The molecule has 0 radical (unpaired) electrons. The number of rotatable bonds is 12. The maximum Gasteiger partial charge on any atom is 0.345 e. The van der Waals surface area contributed by atoms with Crippen LogP contribution in [0.25, 0.3) is 0 Å². The molecule has 16 heteroatoms. The van der Waals surface area contributed by atoms with Crippen molar-refractivity contribution >= 4 is 35.8 Å². The molecule has 4 N–H and O–H groups in total. The van der Waals surface area contributed by atoms with Crippen molar-refractivity contribution in [3.8, 4) is 0 Å². The van der Waals surface area contributed by atoms with E-state index in [2.05, 4.69) is 51.8 Å². The number of esters is 2. The molecule has 0 saturated carbocycles. The summed E-state index contributed by atoms with van der Waals surface area (Å²) in [6, 6.07) is 0. The molecule has 0 aromatic heterocycles. The van der Waals surface area contributed by atoms with E-state index in [1.165, 1.54) is 13.8 Å². The molecular weight excluding hydrogens is 552 g/mol. The van der Waals surface area contributed by atoms with Crippen molar-refractivity contribution in [3.05, 3.63) is 0 Å². The van der Waals surface area contributed by atoms with E-state index >= 15 is 0 Å². The fraction of sp³-hybridized carbons (Fsp3) is 0.760. The Morgan fingerprint density at radius 2 is 0.878 bits per heavy atom. The maximum atomic E-state index is 10.2. The first-order valence-corrected chi connectivity index (χ1v) is 12.4. The molecule has 0 heterocycles. The quantitative estimate of drug-likeness (QED) is 0.0992. The monoisotopic (exact) mass is 602 g/mol. The molecule has 0 aliphatic rings. The summed E-state index contributed by atoms with van der Waals surface area (Å²) in [5.74, 6) is -6.57. The molecule has 0 aliphatic carbocycles. The van der Waals surface area contributed by atoms with E-state index in [1.807, 2.05) is 0 Å². The Kier molecular flexibility index (Phi) is 31.1. The number of quaternary nitrogens is 2. The first-order valence-electron chi connectivity index (χ1n) is 12.4. The van der Waals surface area contributed by atoms with Crippen LogP contribution in [-0.2, 0) is 38.2 Å². The van der Waals surface area contributed by atoms with Crippen LogP contribution in [0.5, 0.6) is 0 Å². The van der Waals surface area contributed by atoms with E-state index in [-0.39, 0.29) is 13.2 Å². The minimum absolute atomic E-state index is 0.281. The number of carbonyl (C=O) groups is 6. The van der Waals surface area contributed by atoms with Crippen LogP contribution in [0, 0.1) is 0 Å². The van der Waals surface area contributed by atoms with Gasteiger partial charge in [-0.1, -0.05) is 13.8 Å². The third-order valence-corrected chi connectivity index (χ3v) is 3.74. The standard InChI is InChI=1S/2C6H10O4.2C5H14NO.C3H4O4/c2*1-3-5(6(8)9)10-4(2)7;2*1-6(2,3)4-5-7;4-2(5)1-3(6)7/h2*5H,3H2,1-2H3,(H,8,9);2*7H,4-5H2,1-3H3;1H2,(H,4,5)(H,6,7)/q;;2*+1;/p-2. The molecule has 0 spiro atoms. The molecule has 0 amide bonds. The van der Waals surface area contributed by atoms with E-state index in [0.717, 1.165) is 22.1 Å². The van der Waals surface area contributed by atoms with Crippen molar-refractivity contribution in [2.75, 3.05) is 68.6 Å². The molecule has 0 aromatic carbocycles. The average molecular weight is 603 g/mol. The molecule has 0 rings (SSSR count). The lowest BCUT2D eigenvalue weighted by Gasteiger charge is -2.21. The molecule has 0 aliphatic heterocycles. The highest BCUT2D eigenvalue weighted by Gasteiger charge is 2.17. The number of aliphatic hydroxyl groups is 2. The van der Waals surface area contributed by atoms with E-state index in [0.29, 0.717) is 12.8 Å². The third kappa shape index (κ3) is 53.6. The van der Waals surface area contributed by atoms with Crippen molar-refractivity contribution in [3.63, 3.8) is 0 Å². The Labute approximate surface area is 241 Å². The predicted molar refractivity (Wildman–Crippen MR) is 142 cm³/mol. The lowest BCUT2D eigenvalue weighted by atomic mass is 10.3. The van der Waals surface area contributed by atoms with Crippen LogP contribution in [0.15, 0.2) is 0 Å². The number of carboxylic acid groups (broad SMARTS) is 4. The summed E-state index contributed by atoms with van der Waals surface area (Å²) in [5.41, 5.74) is 0. The Balaban J connectivity index is -0.000000133. The van der Waals surface area contributed by atoms with Crippen LogP contribution in [0.4, 0.5) is 0 Å². The van der Waals surface area contributed by atoms with Gasteiger partial charge in [-0.3, -0.25) is 9.59 Å². The summed E-state index contributed by atoms with van der Waals surface area (Å²) < 4.78 is 10.5. The van der Waals surface area contributed by atoms with Crippen LogP contribution in [0.1, 0.15) is 47.0 Å². The van der Waals surface area contributed by atoms with Gasteiger partial charge in [-0.2, -0.15) is 0 Å². The molecule has 16 nitrogen and oxygen atoms in total. The molecule has 0 saturated heterocycles. The van der Waals surface area contributed by atoms with Gasteiger partial charge < -0.3 is 58.7 Å². The number of hydrogen-bond donors (Lipinski definition) is 4. The Bertz CT molecular complexity index is 696. The third-order valence-electron chi connectivity index (χ3n) is 3.74. The van der Waals surface area contributed by atoms with Crippen molar-refractivity contribution in [1.29, 1.82) is 0 Å². The van der Waals surface area contributed by atoms with Crippen LogP contribution < -0.4 is 10.2 Å². The Morgan fingerprint density at radius 1 is 0.634 bits per heavy atom. The van der Waals surface area contributed by atoms with Gasteiger partial charge in [0.05, 0.1) is 55.5 Å². The first kappa shape index (κ1) is 47.4. The molecule has 0 bridgehead atoms. The highest BCUT2D eigenvalue weighted by atomic mass is 16.6. The minimum Gasteiger partial charge on any atom is -0.550 e. The fourth-order valence-corrected chi connectivity index (χ4v) is 1.74. The summed E-state index contributed by atoms with van der Waals surface area (Å²) in [6.45, 7) is 7.88. The number of aliphatic carboxylic acids is 4. The van der Waals surface area contributed by atoms with Crippen LogP contribution in [0.3, 0.4) is 0 Å². The summed E-state index contributed by atoms with van der Waals surface area (Å²) in [4.78, 5) is 59.4. The van der Waals surface area contributed by atoms with E-state index in [1.54, 1.807) is 13.8 Å². The second kappa shape index (κ2) is 26.9. The van der Waals surface area contributed by atoms with Crippen LogP contribution >= 0.6 is 0 Å². The van der Waals surface area contributed by atoms with Gasteiger partial charge in [-0.15, -0.1) is 0 Å². The number of ether oxygens (including phenoxy) is 2. The molecule has 2 atom stereocenters. The van der Waals surface area contributed by atoms with E-state index < -0.39 is 54.4 Å². The Morgan fingerprint density at radius 3 is 0.902 bits per heavy atom. The first-order chi connectivity index (χ1) is 18.4. The van der Waals surface area contributed by atoms with E-state index in [9.17, 15) is 39.0 Å². The molecule has 41 heavy (non-hydrogen) atoms. The van der Waals surface area contributed by atoms with Gasteiger partial charge in [0.15, 0.2) is 12.2 Å². The summed E-state index contributed by atoms with van der Waals surface area (Å²) in [6.07, 6.45) is -2.40. The summed E-state index contributed by atoms with van der Waals surface area (Å²) in [7, 11) is 12.3. The van der Waals surface area contributed by atoms with E-state index in [4.69, 9.17) is 20.4 Å². The van der Waals surface area contributed by atoms with Gasteiger partial charge >= 0.3 is 23.9 Å². The topological polar surface area (TPSA) is 248 Å². The van der Waals surface area contributed by atoms with Gasteiger partial charge in [0, 0.05) is 32.2 Å². The van der Waals surface area contributed by atoms with Crippen molar-refractivity contribution in [1.82, 2.24) is 0 Å². The van der Waals surface area contributed by atoms with Crippen molar-refractivity contribution < 1.29 is 77.8 Å². The molecule has 0 fully saturated rings. The number of aliphatic hydroxyl groups excluding tert-OH is 2. The second-order valence-corrected chi connectivity index (χ2v) is 10.1. The normalized spacial score (nSPS) is 11.4. The Hall–Kier alpha value is -3.34. The van der Waals surface area contributed by atoms with Crippen LogP contribution in [0.2, 0.25) is 0 Å². The zero-order chi connectivity index (χ0) is 34.0. The van der Waals surface area contributed by atoms with Crippen molar-refractivity contribution in [2.45, 2.75) is 59.2 Å². The zero-order valence-corrected chi connectivity index (χ0v) is 25.9.